The lowest BCUT2D eigenvalue weighted by molar-refractivity contribution is 0.0893. The Labute approximate surface area is 254 Å². The zero-order valence-electron chi connectivity index (χ0n) is 26.3. The normalized spacial score (nSPS) is 13.2. The number of hydrogen-bond acceptors (Lipinski definition) is 8. The van der Waals surface area contributed by atoms with E-state index in [4.69, 9.17) is 18.3 Å². The van der Waals surface area contributed by atoms with Crippen molar-refractivity contribution < 1.29 is 27.9 Å². The smallest absolute Gasteiger partial charge is 0.200 e. The summed E-state index contributed by atoms with van der Waals surface area (Å²) in [5.41, 5.74) is 1.35. The molecule has 232 valence electrons. The molecule has 2 unspecified atom stereocenters. The molecule has 2 aromatic heterocycles. The second-order valence-electron chi connectivity index (χ2n) is 12.0. The van der Waals surface area contributed by atoms with Gasteiger partial charge in [-0.25, -0.2) is 0 Å². The van der Waals surface area contributed by atoms with Crippen LogP contribution < -0.4 is 20.1 Å². The molecule has 0 radical (unpaired) electrons. The van der Waals surface area contributed by atoms with Gasteiger partial charge in [-0.05, 0) is 75.2 Å². The molecule has 0 aliphatic carbocycles. The zero-order valence-corrected chi connectivity index (χ0v) is 26.3. The van der Waals surface area contributed by atoms with Gasteiger partial charge in [-0.1, -0.05) is 34.6 Å². The van der Waals surface area contributed by atoms with E-state index in [9.17, 15) is 9.59 Å². The third kappa shape index (κ3) is 9.18. The lowest BCUT2D eigenvalue weighted by Gasteiger charge is -2.16. The van der Waals surface area contributed by atoms with E-state index in [0.717, 1.165) is 54.6 Å². The molecule has 2 atom stereocenters. The van der Waals surface area contributed by atoms with E-state index in [-0.39, 0.29) is 29.4 Å². The SMILES string of the molecule is CC(C)NCCOc1ccc2oc(C(=O)C(C)CCC(C)NCCCOc3ccc4cc(C(=O)C(C)C)oc4c3)cc2c1. The highest BCUT2D eigenvalue weighted by Crippen LogP contribution is 2.27. The number of carbonyl (C=O) groups excluding carboxylic acids is 2. The van der Waals surface area contributed by atoms with Crippen LogP contribution in [0.15, 0.2) is 57.4 Å². The maximum atomic E-state index is 13.1. The largest absolute Gasteiger partial charge is 0.493 e. The summed E-state index contributed by atoms with van der Waals surface area (Å²) in [6, 6.07) is 15.6. The maximum absolute atomic E-state index is 13.1. The molecule has 4 rings (SSSR count). The van der Waals surface area contributed by atoms with Crippen LogP contribution in [0, 0.1) is 11.8 Å². The lowest BCUT2D eigenvalue weighted by atomic mass is 9.96. The fraction of sp³-hybridized carbons (Fsp3) is 0.486. The van der Waals surface area contributed by atoms with Gasteiger partial charge in [0, 0.05) is 47.3 Å². The van der Waals surface area contributed by atoms with Crippen LogP contribution in [-0.2, 0) is 0 Å². The Balaban J connectivity index is 1.15. The molecule has 8 heteroatoms. The fourth-order valence-electron chi connectivity index (χ4n) is 4.84. The monoisotopic (exact) mass is 590 g/mol. The van der Waals surface area contributed by atoms with Gasteiger partial charge in [0.15, 0.2) is 11.5 Å². The molecule has 0 spiro atoms. The highest BCUT2D eigenvalue weighted by molar-refractivity contribution is 5.99. The molecule has 0 aliphatic rings. The first kappa shape index (κ1) is 32.3. The summed E-state index contributed by atoms with van der Waals surface area (Å²) in [6.45, 7) is 14.8. The summed E-state index contributed by atoms with van der Waals surface area (Å²) in [6.07, 6.45) is 2.48. The number of ketones is 2. The van der Waals surface area contributed by atoms with Gasteiger partial charge >= 0.3 is 0 Å². The van der Waals surface area contributed by atoms with Crippen LogP contribution in [0.1, 0.15) is 81.9 Å². The van der Waals surface area contributed by atoms with Gasteiger partial charge in [-0.3, -0.25) is 9.59 Å². The summed E-state index contributed by atoms with van der Waals surface area (Å²) in [4.78, 5) is 25.3. The van der Waals surface area contributed by atoms with Crippen LogP contribution in [0.3, 0.4) is 0 Å². The maximum Gasteiger partial charge on any atom is 0.200 e. The van der Waals surface area contributed by atoms with Gasteiger partial charge < -0.3 is 28.9 Å². The van der Waals surface area contributed by atoms with Crippen molar-refractivity contribution >= 4 is 33.5 Å². The van der Waals surface area contributed by atoms with E-state index in [2.05, 4.69) is 31.4 Å². The number of benzene rings is 2. The molecule has 4 aromatic rings. The van der Waals surface area contributed by atoms with Crippen molar-refractivity contribution in [1.82, 2.24) is 10.6 Å². The standard InChI is InChI=1S/C35H46N2O6/c1-22(2)34(38)32-19-26-10-11-29(21-31(26)43-32)40-16-7-14-37-25(6)9-8-24(5)35(39)33-20-27-18-28(12-13-30(27)42-33)41-17-15-36-23(3)4/h10-13,18-25,36-37H,7-9,14-17H2,1-6H3. The molecule has 0 aliphatic heterocycles. The molecule has 2 heterocycles. The van der Waals surface area contributed by atoms with Crippen molar-refractivity contribution in [2.24, 2.45) is 11.8 Å². The molecule has 8 nitrogen and oxygen atoms in total. The Morgan fingerprint density at radius 2 is 1.37 bits per heavy atom. The minimum absolute atomic E-state index is 0.00219. The van der Waals surface area contributed by atoms with Crippen molar-refractivity contribution in [3.05, 3.63) is 60.1 Å². The van der Waals surface area contributed by atoms with E-state index >= 15 is 0 Å². The lowest BCUT2D eigenvalue weighted by Crippen LogP contribution is -2.28. The Bertz CT molecular complexity index is 1500. The quantitative estimate of drug-likeness (QED) is 0.0910. The Morgan fingerprint density at radius 1 is 0.698 bits per heavy atom. The first-order valence-electron chi connectivity index (χ1n) is 15.5. The number of nitrogens with one attached hydrogen (secondary N) is 2. The van der Waals surface area contributed by atoms with Crippen LogP contribution in [0.5, 0.6) is 11.5 Å². The second-order valence-corrected chi connectivity index (χ2v) is 12.0. The van der Waals surface area contributed by atoms with Gasteiger partial charge in [-0.2, -0.15) is 0 Å². The molecular weight excluding hydrogens is 544 g/mol. The predicted octanol–water partition coefficient (Wildman–Crippen LogP) is 7.44. The van der Waals surface area contributed by atoms with Crippen molar-refractivity contribution in [3.63, 3.8) is 0 Å². The molecule has 2 aromatic carbocycles. The number of hydrogen-bond donors (Lipinski definition) is 2. The van der Waals surface area contributed by atoms with Crippen molar-refractivity contribution in [2.75, 3.05) is 26.3 Å². The van der Waals surface area contributed by atoms with Crippen molar-refractivity contribution in [1.29, 1.82) is 0 Å². The van der Waals surface area contributed by atoms with E-state index in [1.807, 2.05) is 63.2 Å². The van der Waals surface area contributed by atoms with Gasteiger partial charge in [0.05, 0.1) is 6.61 Å². The minimum atomic E-state index is -0.140. The van der Waals surface area contributed by atoms with Crippen LogP contribution in [0.25, 0.3) is 21.9 Å². The molecule has 0 amide bonds. The average molecular weight is 591 g/mol. The molecule has 0 bridgehead atoms. The molecule has 0 saturated carbocycles. The molecule has 43 heavy (non-hydrogen) atoms. The number of carbonyl (C=O) groups is 2. The van der Waals surface area contributed by atoms with Crippen LogP contribution in [0.2, 0.25) is 0 Å². The number of Topliss-reactive ketones (excluding diaryl/α,β-unsaturated/α-hetero) is 2. The summed E-state index contributed by atoms with van der Waals surface area (Å²) < 4.78 is 23.4. The van der Waals surface area contributed by atoms with Crippen LogP contribution >= 0.6 is 0 Å². The minimum Gasteiger partial charge on any atom is -0.493 e. The Kier molecular flexibility index (Phi) is 11.4. The Hall–Kier alpha value is -3.62. The number of furan rings is 2. The summed E-state index contributed by atoms with van der Waals surface area (Å²) in [5.74, 6) is 2.05. The van der Waals surface area contributed by atoms with Gasteiger partial charge in [0.25, 0.3) is 0 Å². The average Bonchev–Trinajstić information content (AvgIpc) is 3.60. The molecule has 0 fully saturated rings. The highest BCUT2D eigenvalue weighted by Gasteiger charge is 2.20. The van der Waals surface area contributed by atoms with Gasteiger partial charge in [0.1, 0.15) is 29.3 Å². The molecule has 2 N–H and O–H groups in total. The van der Waals surface area contributed by atoms with Gasteiger partial charge in [0.2, 0.25) is 11.6 Å². The van der Waals surface area contributed by atoms with E-state index in [0.29, 0.717) is 41.9 Å². The van der Waals surface area contributed by atoms with E-state index < -0.39 is 0 Å². The summed E-state index contributed by atoms with van der Waals surface area (Å²) in [7, 11) is 0. The van der Waals surface area contributed by atoms with Crippen molar-refractivity contribution in [2.45, 2.75) is 72.9 Å². The molecule has 0 saturated heterocycles. The number of fused-ring (bicyclic) bond motifs is 2. The Morgan fingerprint density at radius 3 is 2.14 bits per heavy atom. The predicted molar refractivity (Wildman–Crippen MR) is 171 cm³/mol. The summed E-state index contributed by atoms with van der Waals surface area (Å²) >= 11 is 0. The summed E-state index contributed by atoms with van der Waals surface area (Å²) in [5, 5.41) is 8.62. The first-order chi connectivity index (χ1) is 20.6. The topological polar surface area (TPSA) is 103 Å². The third-order valence-electron chi connectivity index (χ3n) is 7.48. The number of ether oxygens (including phenoxy) is 2. The first-order valence-corrected chi connectivity index (χ1v) is 15.5. The van der Waals surface area contributed by atoms with Crippen LogP contribution in [-0.4, -0.2) is 50.0 Å². The van der Waals surface area contributed by atoms with Crippen molar-refractivity contribution in [3.8, 4) is 11.5 Å². The number of rotatable bonds is 18. The van der Waals surface area contributed by atoms with E-state index in [1.54, 1.807) is 6.07 Å². The zero-order chi connectivity index (χ0) is 30.9. The van der Waals surface area contributed by atoms with Crippen LogP contribution in [0.4, 0.5) is 0 Å². The van der Waals surface area contributed by atoms with E-state index in [1.165, 1.54) is 0 Å². The molecular formula is C35H46N2O6. The fourth-order valence-corrected chi connectivity index (χ4v) is 4.84. The van der Waals surface area contributed by atoms with Gasteiger partial charge in [-0.15, -0.1) is 0 Å². The highest BCUT2D eigenvalue weighted by atomic mass is 16.5. The second kappa shape index (κ2) is 15.2. The third-order valence-corrected chi connectivity index (χ3v) is 7.48.